The number of fused-ring (bicyclic) bond motifs is 1. The number of carbonyl (C=O) groups is 1. The third-order valence-electron chi connectivity index (χ3n) is 3.13. The number of hydrogen-bond acceptors (Lipinski definition) is 3. The van der Waals surface area contributed by atoms with Gasteiger partial charge in [0.2, 0.25) is 0 Å². The zero-order valence-corrected chi connectivity index (χ0v) is 9.81. The van der Waals surface area contributed by atoms with Gasteiger partial charge in [0.1, 0.15) is 0 Å². The van der Waals surface area contributed by atoms with Gasteiger partial charge in [-0.1, -0.05) is 6.07 Å². The molecule has 1 atom stereocenters. The Balaban J connectivity index is 2.23. The van der Waals surface area contributed by atoms with Crippen molar-refractivity contribution in [3.05, 3.63) is 29.3 Å². The van der Waals surface area contributed by atoms with Gasteiger partial charge in [-0.3, -0.25) is 0 Å². The summed E-state index contributed by atoms with van der Waals surface area (Å²) in [6.07, 6.45) is -6.75. The Kier molecular flexibility index (Phi) is 3.40. The van der Waals surface area contributed by atoms with Crippen molar-refractivity contribution in [2.45, 2.75) is 18.7 Å². The van der Waals surface area contributed by atoms with Crippen molar-refractivity contribution in [3.63, 3.8) is 0 Å². The van der Waals surface area contributed by atoms with Gasteiger partial charge in [-0.25, -0.2) is 4.79 Å². The molecule has 1 heterocycles. The van der Waals surface area contributed by atoms with E-state index < -0.39 is 24.8 Å². The summed E-state index contributed by atoms with van der Waals surface area (Å²) in [5.74, 6) is -1.10. The lowest BCUT2D eigenvalue weighted by atomic mass is 10.1. The number of benzene rings is 1. The molecular formula is C12H12F3NO3. The fourth-order valence-corrected chi connectivity index (χ4v) is 2.20. The number of nitrogens with zero attached hydrogens (tertiary/aromatic N) is 1. The van der Waals surface area contributed by atoms with E-state index in [1.807, 2.05) is 0 Å². The molecule has 4 nitrogen and oxygen atoms in total. The summed E-state index contributed by atoms with van der Waals surface area (Å²) in [7, 11) is 0. The highest BCUT2D eigenvalue weighted by atomic mass is 19.4. The quantitative estimate of drug-likeness (QED) is 0.881. The average Bonchev–Trinajstić information content (AvgIpc) is 2.71. The molecule has 104 valence electrons. The summed E-state index contributed by atoms with van der Waals surface area (Å²) < 4.78 is 36.9. The lowest BCUT2D eigenvalue weighted by Crippen LogP contribution is -2.40. The molecule has 0 spiro atoms. The van der Waals surface area contributed by atoms with Crippen LogP contribution in [0.25, 0.3) is 0 Å². The Morgan fingerprint density at radius 1 is 1.42 bits per heavy atom. The van der Waals surface area contributed by atoms with Crippen LogP contribution in [0.5, 0.6) is 0 Å². The average molecular weight is 275 g/mol. The highest BCUT2D eigenvalue weighted by molar-refractivity contribution is 5.92. The molecule has 1 aromatic rings. The molecule has 2 rings (SSSR count). The van der Waals surface area contributed by atoms with E-state index in [1.54, 1.807) is 6.07 Å². The van der Waals surface area contributed by atoms with Crippen molar-refractivity contribution in [1.82, 2.24) is 0 Å². The van der Waals surface area contributed by atoms with Gasteiger partial charge in [0.25, 0.3) is 0 Å². The molecule has 1 aromatic carbocycles. The number of aliphatic hydroxyl groups excluding tert-OH is 1. The molecule has 0 amide bonds. The molecule has 2 N–H and O–H groups in total. The predicted molar refractivity (Wildman–Crippen MR) is 61.4 cm³/mol. The topological polar surface area (TPSA) is 60.8 Å². The Bertz CT molecular complexity index is 501. The molecule has 19 heavy (non-hydrogen) atoms. The van der Waals surface area contributed by atoms with E-state index in [-0.39, 0.29) is 12.1 Å². The minimum atomic E-state index is -4.67. The molecule has 0 aromatic heterocycles. The van der Waals surface area contributed by atoms with Gasteiger partial charge >= 0.3 is 12.1 Å². The summed E-state index contributed by atoms with van der Waals surface area (Å²) in [5, 5.41) is 18.1. The second kappa shape index (κ2) is 4.73. The third-order valence-corrected chi connectivity index (χ3v) is 3.13. The van der Waals surface area contributed by atoms with Crippen LogP contribution >= 0.6 is 0 Å². The number of carboxylic acids is 1. The van der Waals surface area contributed by atoms with Gasteiger partial charge < -0.3 is 15.1 Å². The van der Waals surface area contributed by atoms with Gasteiger partial charge in [-0.05, 0) is 24.1 Å². The second-order valence-electron chi connectivity index (χ2n) is 4.36. The Morgan fingerprint density at radius 2 is 2.11 bits per heavy atom. The fraction of sp³-hybridized carbons (Fsp3) is 0.417. The smallest absolute Gasteiger partial charge is 0.416 e. The number of alkyl halides is 3. The Morgan fingerprint density at radius 3 is 2.68 bits per heavy atom. The molecular weight excluding hydrogens is 263 g/mol. The summed E-state index contributed by atoms with van der Waals surface area (Å²) >= 11 is 0. The maximum Gasteiger partial charge on any atom is 0.416 e. The largest absolute Gasteiger partial charge is 0.478 e. The molecule has 1 unspecified atom stereocenters. The molecule has 7 heteroatoms. The number of halogens is 3. The summed E-state index contributed by atoms with van der Waals surface area (Å²) in [6.45, 7) is -0.313. The molecule has 1 aliphatic heterocycles. The SMILES string of the molecule is O=C(O)c1cccc2c1CCN2CC(O)C(F)(F)F. The van der Waals surface area contributed by atoms with Crippen molar-refractivity contribution in [3.8, 4) is 0 Å². The standard InChI is InChI=1S/C12H12F3NO3/c13-12(14,15)10(17)6-16-5-4-7-8(11(18)19)2-1-3-9(7)16/h1-3,10,17H,4-6H2,(H,18,19). The van der Waals surface area contributed by atoms with E-state index in [9.17, 15) is 18.0 Å². The molecule has 0 aliphatic carbocycles. The minimum absolute atomic E-state index is 0.0986. The normalized spacial score (nSPS) is 16.3. The van der Waals surface area contributed by atoms with Crippen LogP contribution in [0.2, 0.25) is 0 Å². The third kappa shape index (κ3) is 2.65. The molecule has 0 bridgehead atoms. The zero-order chi connectivity index (χ0) is 14.2. The number of aromatic carboxylic acids is 1. The lowest BCUT2D eigenvalue weighted by Gasteiger charge is -2.24. The van der Waals surface area contributed by atoms with Crippen LogP contribution in [0.3, 0.4) is 0 Å². The van der Waals surface area contributed by atoms with Gasteiger partial charge in [-0.2, -0.15) is 13.2 Å². The van der Waals surface area contributed by atoms with Gasteiger partial charge in [0.05, 0.1) is 12.1 Å². The number of rotatable bonds is 3. The lowest BCUT2D eigenvalue weighted by molar-refractivity contribution is -0.200. The first-order chi connectivity index (χ1) is 8.80. The molecule has 0 saturated carbocycles. The predicted octanol–water partition coefficient (Wildman–Crippen LogP) is 1.67. The van der Waals surface area contributed by atoms with Crippen LogP contribution in [0.1, 0.15) is 15.9 Å². The van der Waals surface area contributed by atoms with E-state index in [4.69, 9.17) is 10.2 Å². The number of hydrogen-bond donors (Lipinski definition) is 2. The van der Waals surface area contributed by atoms with Crippen LogP contribution < -0.4 is 4.90 Å². The van der Waals surface area contributed by atoms with Crippen LogP contribution in [-0.2, 0) is 6.42 Å². The van der Waals surface area contributed by atoms with E-state index >= 15 is 0 Å². The minimum Gasteiger partial charge on any atom is -0.478 e. The van der Waals surface area contributed by atoms with E-state index in [2.05, 4.69) is 0 Å². The molecule has 0 fully saturated rings. The Labute approximate surface area is 107 Å². The molecule has 0 saturated heterocycles. The number of β-amino-alcohol motifs (C(OH)–C–C–N with tert-alkyl or cyclic N) is 1. The first-order valence-corrected chi connectivity index (χ1v) is 5.65. The van der Waals surface area contributed by atoms with Crippen molar-refractivity contribution < 1.29 is 28.2 Å². The van der Waals surface area contributed by atoms with Crippen LogP contribution in [0, 0.1) is 0 Å². The highest BCUT2D eigenvalue weighted by Gasteiger charge is 2.40. The van der Waals surface area contributed by atoms with Gasteiger partial charge in [-0.15, -0.1) is 0 Å². The fourth-order valence-electron chi connectivity index (χ4n) is 2.20. The van der Waals surface area contributed by atoms with Gasteiger partial charge in [0.15, 0.2) is 6.10 Å². The van der Waals surface area contributed by atoms with E-state index in [0.29, 0.717) is 17.7 Å². The Hall–Kier alpha value is -1.76. The van der Waals surface area contributed by atoms with Crippen molar-refractivity contribution in [1.29, 1.82) is 0 Å². The molecule has 0 radical (unpaired) electrons. The monoisotopic (exact) mass is 275 g/mol. The summed E-state index contributed by atoms with van der Waals surface area (Å²) in [6, 6.07) is 4.48. The van der Waals surface area contributed by atoms with Crippen LogP contribution in [0.15, 0.2) is 18.2 Å². The second-order valence-corrected chi connectivity index (χ2v) is 4.36. The highest BCUT2D eigenvalue weighted by Crippen LogP contribution is 2.32. The first kappa shape index (κ1) is 13.7. The maximum atomic E-state index is 12.3. The summed E-state index contributed by atoms with van der Waals surface area (Å²) in [5.41, 5.74) is 1.06. The van der Waals surface area contributed by atoms with Crippen molar-refractivity contribution in [2.24, 2.45) is 0 Å². The van der Waals surface area contributed by atoms with Gasteiger partial charge in [0, 0.05) is 12.2 Å². The first-order valence-electron chi connectivity index (χ1n) is 5.65. The van der Waals surface area contributed by atoms with E-state index in [1.165, 1.54) is 17.0 Å². The number of carboxylic acid groups (broad SMARTS) is 1. The zero-order valence-electron chi connectivity index (χ0n) is 9.81. The van der Waals surface area contributed by atoms with Crippen LogP contribution in [-0.4, -0.2) is 41.6 Å². The van der Waals surface area contributed by atoms with Crippen LogP contribution in [0.4, 0.5) is 18.9 Å². The van der Waals surface area contributed by atoms with Crippen molar-refractivity contribution >= 4 is 11.7 Å². The summed E-state index contributed by atoms with van der Waals surface area (Å²) in [4.78, 5) is 12.4. The number of anilines is 1. The number of aliphatic hydroxyl groups is 1. The maximum absolute atomic E-state index is 12.3. The van der Waals surface area contributed by atoms with E-state index in [0.717, 1.165) is 0 Å². The molecule has 1 aliphatic rings. The van der Waals surface area contributed by atoms with Crippen molar-refractivity contribution in [2.75, 3.05) is 18.0 Å².